The maximum atomic E-state index is 5.50. The van der Waals surface area contributed by atoms with Gasteiger partial charge < -0.3 is 9.15 Å². The highest BCUT2D eigenvalue weighted by Gasteiger charge is 2.14. The van der Waals surface area contributed by atoms with Crippen molar-refractivity contribution in [2.45, 2.75) is 33.1 Å². The topological polar surface area (TPSA) is 35.3 Å². The average Bonchev–Trinajstić information content (AvgIpc) is 2.77. The first-order chi connectivity index (χ1) is 8.50. The molecular formula is C15H19NO2. The standard InChI is InChI=1S/C15H19NO2/c1-5-17-13-10-16-14(18-13)11-6-8-12(9-7-11)15(2,3)4/h6-10H,5H2,1-4H3. The highest BCUT2D eigenvalue weighted by atomic mass is 16.6. The minimum absolute atomic E-state index is 0.158. The summed E-state index contributed by atoms with van der Waals surface area (Å²) in [6, 6.07) is 8.28. The summed E-state index contributed by atoms with van der Waals surface area (Å²) in [4.78, 5) is 4.21. The van der Waals surface area contributed by atoms with Crippen LogP contribution in [0, 0.1) is 0 Å². The van der Waals surface area contributed by atoms with E-state index in [4.69, 9.17) is 9.15 Å². The third kappa shape index (κ3) is 2.73. The molecule has 0 fully saturated rings. The van der Waals surface area contributed by atoms with Gasteiger partial charge in [-0.2, -0.15) is 0 Å². The summed E-state index contributed by atoms with van der Waals surface area (Å²) in [7, 11) is 0. The van der Waals surface area contributed by atoms with Gasteiger partial charge in [0.1, 0.15) is 6.20 Å². The third-order valence-corrected chi connectivity index (χ3v) is 2.77. The van der Waals surface area contributed by atoms with Gasteiger partial charge in [-0.05, 0) is 30.0 Å². The zero-order valence-corrected chi connectivity index (χ0v) is 11.4. The van der Waals surface area contributed by atoms with Crippen molar-refractivity contribution in [3.05, 3.63) is 36.0 Å². The van der Waals surface area contributed by atoms with Crippen LogP contribution >= 0.6 is 0 Å². The maximum absolute atomic E-state index is 5.50. The van der Waals surface area contributed by atoms with Crippen LogP contribution in [0.3, 0.4) is 0 Å². The molecule has 1 aromatic heterocycles. The Labute approximate surface area is 108 Å². The molecule has 0 radical (unpaired) electrons. The molecule has 2 aromatic rings. The fraction of sp³-hybridized carbons (Fsp3) is 0.400. The van der Waals surface area contributed by atoms with Crippen LogP contribution in [-0.4, -0.2) is 11.6 Å². The Morgan fingerprint density at radius 1 is 1.17 bits per heavy atom. The molecular weight excluding hydrogens is 226 g/mol. The Kier molecular flexibility index (Phi) is 3.41. The number of hydrogen-bond donors (Lipinski definition) is 0. The minimum Gasteiger partial charge on any atom is -0.464 e. The smallest absolute Gasteiger partial charge is 0.305 e. The number of aromatic nitrogens is 1. The van der Waals surface area contributed by atoms with E-state index in [1.54, 1.807) is 6.20 Å². The summed E-state index contributed by atoms with van der Waals surface area (Å²) in [5.74, 6) is 1.06. The molecule has 0 N–H and O–H groups in total. The molecule has 0 aliphatic carbocycles. The Bertz CT molecular complexity index is 506. The molecule has 0 aliphatic heterocycles. The van der Waals surface area contributed by atoms with Crippen molar-refractivity contribution in [2.24, 2.45) is 0 Å². The Balaban J connectivity index is 2.23. The van der Waals surface area contributed by atoms with Crippen LogP contribution in [0.4, 0.5) is 0 Å². The van der Waals surface area contributed by atoms with Crippen molar-refractivity contribution >= 4 is 0 Å². The van der Waals surface area contributed by atoms with Crippen LogP contribution in [-0.2, 0) is 5.41 Å². The van der Waals surface area contributed by atoms with E-state index in [2.05, 4.69) is 37.9 Å². The molecule has 3 nitrogen and oxygen atoms in total. The van der Waals surface area contributed by atoms with Gasteiger partial charge in [-0.1, -0.05) is 32.9 Å². The number of hydrogen-bond acceptors (Lipinski definition) is 3. The number of nitrogens with zero attached hydrogens (tertiary/aromatic N) is 1. The molecule has 96 valence electrons. The van der Waals surface area contributed by atoms with Crippen LogP contribution in [0.5, 0.6) is 5.95 Å². The number of benzene rings is 1. The van der Waals surface area contributed by atoms with E-state index in [0.717, 1.165) is 5.56 Å². The highest BCUT2D eigenvalue weighted by Crippen LogP contribution is 2.27. The predicted octanol–water partition coefficient (Wildman–Crippen LogP) is 4.04. The minimum atomic E-state index is 0.158. The van der Waals surface area contributed by atoms with E-state index < -0.39 is 0 Å². The average molecular weight is 245 g/mol. The van der Waals surface area contributed by atoms with Gasteiger partial charge in [0.2, 0.25) is 5.89 Å². The maximum Gasteiger partial charge on any atom is 0.305 e. The highest BCUT2D eigenvalue weighted by molar-refractivity contribution is 5.54. The molecule has 0 aliphatic rings. The van der Waals surface area contributed by atoms with Crippen LogP contribution in [0.25, 0.3) is 11.5 Å². The second kappa shape index (κ2) is 4.84. The van der Waals surface area contributed by atoms with E-state index >= 15 is 0 Å². The molecule has 3 heteroatoms. The first-order valence-corrected chi connectivity index (χ1v) is 6.20. The summed E-state index contributed by atoms with van der Waals surface area (Å²) in [6.07, 6.45) is 1.61. The van der Waals surface area contributed by atoms with Crippen molar-refractivity contribution in [2.75, 3.05) is 6.61 Å². The Morgan fingerprint density at radius 2 is 1.83 bits per heavy atom. The zero-order chi connectivity index (χ0) is 13.2. The van der Waals surface area contributed by atoms with Gasteiger partial charge in [0.25, 0.3) is 0 Å². The van der Waals surface area contributed by atoms with Crippen LogP contribution in [0.15, 0.2) is 34.9 Å². The summed E-state index contributed by atoms with van der Waals surface area (Å²) < 4.78 is 10.8. The summed E-state index contributed by atoms with van der Waals surface area (Å²) >= 11 is 0. The van der Waals surface area contributed by atoms with Crippen molar-refractivity contribution in [1.29, 1.82) is 0 Å². The van der Waals surface area contributed by atoms with E-state index in [0.29, 0.717) is 18.4 Å². The molecule has 0 saturated heterocycles. The lowest BCUT2D eigenvalue weighted by Crippen LogP contribution is -2.10. The second-order valence-corrected chi connectivity index (χ2v) is 5.24. The second-order valence-electron chi connectivity index (χ2n) is 5.24. The van der Waals surface area contributed by atoms with Gasteiger partial charge in [-0.15, -0.1) is 0 Å². The van der Waals surface area contributed by atoms with Crippen molar-refractivity contribution in [1.82, 2.24) is 4.98 Å². The van der Waals surface area contributed by atoms with Crippen molar-refractivity contribution < 1.29 is 9.15 Å². The monoisotopic (exact) mass is 245 g/mol. The lowest BCUT2D eigenvalue weighted by molar-refractivity contribution is 0.260. The fourth-order valence-electron chi connectivity index (χ4n) is 1.71. The quantitative estimate of drug-likeness (QED) is 0.818. The van der Waals surface area contributed by atoms with E-state index in [1.165, 1.54) is 5.56 Å². The van der Waals surface area contributed by atoms with Gasteiger partial charge in [0.05, 0.1) is 6.61 Å². The fourth-order valence-corrected chi connectivity index (χ4v) is 1.71. The molecule has 0 saturated carbocycles. The van der Waals surface area contributed by atoms with Gasteiger partial charge in [-0.25, -0.2) is 4.98 Å². The zero-order valence-electron chi connectivity index (χ0n) is 11.4. The van der Waals surface area contributed by atoms with E-state index in [1.807, 2.05) is 19.1 Å². The molecule has 0 amide bonds. The molecule has 0 bridgehead atoms. The Morgan fingerprint density at radius 3 is 2.39 bits per heavy atom. The summed E-state index contributed by atoms with van der Waals surface area (Å²) in [5.41, 5.74) is 2.42. The lowest BCUT2D eigenvalue weighted by Gasteiger charge is -2.18. The van der Waals surface area contributed by atoms with Gasteiger partial charge >= 0.3 is 5.95 Å². The first-order valence-electron chi connectivity index (χ1n) is 6.20. The molecule has 1 aromatic carbocycles. The SMILES string of the molecule is CCOc1cnc(-c2ccc(C(C)(C)C)cc2)o1. The molecule has 0 atom stereocenters. The van der Waals surface area contributed by atoms with Crippen LogP contribution < -0.4 is 4.74 Å². The molecule has 2 rings (SSSR count). The van der Waals surface area contributed by atoms with E-state index in [-0.39, 0.29) is 5.41 Å². The summed E-state index contributed by atoms with van der Waals surface area (Å²) in [5, 5.41) is 0. The number of ether oxygens (including phenoxy) is 1. The Hall–Kier alpha value is -1.77. The predicted molar refractivity (Wildman–Crippen MR) is 71.8 cm³/mol. The van der Waals surface area contributed by atoms with Crippen molar-refractivity contribution in [3.63, 3.8) is 0 Å². The van der Waals surface area contributed by atoms with E-state index in [9.17, 15) is 0 Å². The molecule has 1 heterocycles. The molecule has 18 heavy (non-hydrogen) atoms. The molecule has 0 spiro atoms. The van der Waals surface area contributed by atoms with Gasteiger partial charge in [-0.3, -0.25) is 0 Å². The third-order valence-electron chi connectivity index (χ3n) is 2.77. The largest absolute Gasteiger partial charge is 0.464 e. The lowest BCUT2D eigenvalue weighted by atomic mass is 9.87. The number of oxazole rings is 1. The van der Waals surface area contributed by atoms with Crippen molar-refractivity contribution in [3.8, 4) is 17.4 Å². The summed E-state index contributed by atoms with van der Waals surface area (Å²) in [6.45, 7) is 9.08. The number of rotatable bonds is 3. The first kappa shape index (κ1) is 12.7. The van der Waals surface area contributed by atoms with Gasteiger partial charge in [0, 0.05) is 5.56 Å². The normalized spacial score (nSPS) is 11.6. The molecule has 0 unspecified atom stereocenters. The van der Waals surface area contributed by atoms with Crippen LogP contribution in [0.1, 0.15) is 33.3 Å². The van der Waals surface area contributed by atoms with Crippen LogP contribution in [0.2, 0.25) is 0 Å². The van der Waals surface area contributed by atoms with Gasteiger partial charge in [0.15, 0.2) is 0 Å².